The van der Waals surface area contributed by atoms with Crippen LogP contribution in [0.4, 0.5) is 0 Å². The molecule has 1 aromatic carbocycles. The molecule has 3 aliphatic rings. The molecule has 0 amide bonds. The molecule has 0 radical (unpaired) electrons. The highest BCUT2D eigenvalue weighted by atomic mass is 16.7. The highest BCUT2D eigenvalue weighted by Crippen LogP contribution is 2.48. The number of fused-ring (bicyclic) bond motifs is 2. The van der Waals surface area contributed by atoms with Crippen molar-refractivity contribution in [3.63, 3.8) is 0 Å². The SMILES string of the molecule is CCCCC[C@@H](CC[C@@H]1[C@H]2Cc3cccc(OCC(=O)OC)c3C[C@H]2C[C@H]1O)O[C@@H]1O[C@H](C(=O)OC)[C@@H](OC(C)=O)[C@H](OC(C)=O)[C@H]1OC(C)=O. The van der Waals surface area contributed by atoms with Gasteiger partial charge in [0.25, 0.3) is 0 Å². The lowest BCUT2D eigenvalue weighted by Crippen LogP contribution is -2.64. The topological polar surface area (TPSA) is 179 Å². The van der Waals surface area contributed by atoms with E-state index >= 15 is 0 Å². The van der Waals surface area contributed by atoms with Crippen molar-refractivity contribution in [3.8, 4) is 5.75 Å². The highest BCUT2D eigenvalue weighted by Gasteiger charge is 2.56. The van der Waals surface area contributed by atoms with Crippen LogP contribution in [0.1, 0.15) is 83.8 Å². The Labute approximate surface area is 298 Å². The molecule has 1 saturated heterocycles. The number of carbonyl (C=O) groups excluding carboxylic acids is 5. The Hall–Kier alpha value is -3.75. The minimum absolute atomic E-state index is 0.0263. The standard InChI is InChI=1S/C37H52O14/c1-7-8-9-12-25(50-37-35(49-22(4)40)33(48-21(3)39)32(47-20(2)38)34(51-37)36(43)45-6)14-15-26-27-16-23-11-10-13-30(46-19-31(42)44-5)28(23)17-24(27)18-29(26)41/h10-11,13,24-27,29,32-35,37,41H,7-9,12,14-19H2,1-6H3/t24-,25-,26+,27-,29+,32-,33-,34-,35+,37+/m0/s1. The molecule has 1 heterocycles. The zero-order chi connectivity index (χ0) is 37.2. The first-order chi connectivity index (χ1) is 24.4. The second-order valence-corrected chi connectivity index (χ2v) is 13.6. The van der Waals surface area contributed by atoms with Gasteiger partial charge in [0.15, 0.2) is 37.3 Å². The number of hydrogen-bond donors (Lipinski definition) is 1. The first-order valence-electron chi connectivity index (χ1n) is 17.8. The number of aliphatic hydroxyl groups excluding tert-OH is 1. The van der Waals surface area contributed by atoms with Crippen molar-refractivity contribution in [1.82, 2.24) is 0 Å². The van der Waals surface area contributed by atoms with Crippen molar-refractivity contribution in [1.29, 1.82) is 0 Å². The molecule has 2 aliphatic carbocycles. The number of ether oxygens (including phenoxy) is 8. The smallest absolute Gasteiger partial charge is 0.343 e. The van der Waals surface area contributed by atoms with Gasteiger partial charge in [-0.3, -0.25) is 14.4 Å². The van der Waals surface area contributed by atoms with Crippen LogP contribution in [-0.4, -0.2) is 98.7 Å². The summed E-state index contributed by atoms with van der Waals surface area (Å²) in [6, 6.07) is 5.82. The molecule has 1 saturated carbocycles. The molecular weight excluding hydrogens is 668 g/mol. The fraction of sp³-hybridized carbons (Fsp3) is 0.703. The maximum Gasteiger partial charge on any atom is 0.343 e. The Morgan fingerprint density at radius 1 is 0.882 bits per heavy atom. The number of unbranched alkanes of at least 4 members (excludes halogenated alkanes) is 2. The van der Waals surface area contributed by atoms with E-state index in [1.807, 2.05) is 12.1 Å². The van der Waals surface area contributed by atoms with Crippen LogP contribution < -0.4 is 4.74 Å². The zero-order valence-corrected chi connectivity index (χ0v) is 30.3. The molecule has 1 aromatic rings. The predicted octanol–water partition coefficient (Wildman–Crippen LogP) is 3.39. The van der Waals surface area contributed by atoms with E-state index in [2.05, 4.69) is 13.0 Å². The van der Waals surface area contributed by atoms with Crippen molar-refractivity contribution < 1.29 is 67.0 Å². The zero-order valence-electron chi connectivity index (χ0n) is 30.3. The summed E-state index contributed by atoms with van der Waals surface area (Å²) in [6.07, 6.45) is -1.65. The minimum Gasteiger partial charge on any atom is -0.482 e. The molecule has 0 aromatic heterocycles. The number of methoxy groups -OCH3 is 2. The molecule has 14 heteroatoms. The number of rotatable bonds is 16. The lowest BCUT2D eigenvalue weighted by Gasteiger charge is -2.44. The van der Waals surface area contributed by atoms with Crippen LogP contribution in [0.15, 0.2) is 18.2 Å². The summed E-state index contributed by atoms with van der Waals surface area (Å²) in [5, 5.41) is 11.4. The van der Waals surface area contributed by atoms with Crippen LogP contribution in [-0.2, 0) is 70.0 Å². The number of esters is 5. The Bertz CT molecular complexity index is 1380. The molecule has 0 spiro atoms. The third kappa shape index (κ3) is 10.4. The molecule has 1 aliphatic heterocycles. The van der Waals surface area contributed by atoms with Crippen molar-refractivity contribution in [2.24, 2.45) is 17.8 Å². The van der Waals surface area contributed by atoms with Crippen LogP contribution >= 0.6 is 0 Å². The van der Waals surface area contributed by atoms with Gasteiger partial charge >= 0.3 is 29.8 Å². The molecule has 1 N–H and O–H groups in total. The van der Waals surface area contributed by atoms with Crippen LogP contribution in [0.5, 0.6) is 5.75 Å². The summed E-state index contributed by atoms with van der Waals surface area (Å²) >= 11 is 0. The summed E-state index contributed by atoms with van der Waals surface area (Å²) in [7, 11) is 2.45. The van der Waals surface area contributed by atoms with Crippen LogP contribution in [0.25, 0.3) is 0 Å². The second kappa shape index (κ2) is 18.7. The van der Waals surface area contributed by atoms with E-state index in [0.717, 1.165) is 64.2 Å². The third-order valence-electron chi connectivity index (χ3n) is 10.0. The van der Waals surface area contributed by atoms with Gasteiger partial charge in [-0.2, -0.15) is 0 Å². The van der Waals surface area contributed by atoms with Gasteiger partial charge in [0.05, 0.1) is 26.4 Å². The van der Waals surface area contributed by atoms with Crippen LogP contribution in [0.3, 0.4) is 0 Å². The molecule has 51 heavy (non-hydrogen) atoms. The van der Waals surface area contributed by atoms with Gasteiger partial charge in [-0.25, -0.2) is 9.59 Å². The van der Waals surface area contributed by atoms with Crippen molar-refractivity contribution in [3.05, 3.63) is 29.3 Å². The second-order valence-electron chi connectivity index (χ2n) is 13.6. The number of hydrogen-bond acceptors (Lipinski definition) is 14. The average molecular weight is 721 g/mol. The minimum atomic E-state index is -1.54. The van der Waals surface area contributed by atoms with Gasteiger partial charge in [-0.15, -0.1) is 0 Å². The van der Waals surface area contributed by atoms with Crippen LogP contribution in [0.2, 0.25) is 0 Å². The molecule has 2 fully saturated rings. The quantitative estimate of drug-likeness (QED) is 0.149. The molecule has 10 atom stereocenters. The van der Waals surface area contributed by atoms with Gasteiger partial charge in [0.1, 0.15) is 5.75 Å². The van der Waals surface area contributed by atoms with Gasteiger partial charge in [0, 0.05) is 20.8 Å². The van der Waals surface area contributed by atoms with E-state index in [1.54, 1.807) is 0 Å². The molecule has 0 unspecified atom stereocenters. The summed E-state index contributed by atoms with van der Waals surface area (Å²) in [6.45, 7) is 5.33. The fourth-order valence-electron chi connectivity index (χ4n) is 7.79. The third-order valence-corrected chi connectivity index (χ3v) is 10.0. The van der Waals surface area contributed by atoms with Crippen molar-refractivity contribution in [2.75, 3.05) is 20.8 Å². The number of benzene rings is 1. The normalized spacial score (nSPS) is 28.7. The van der Waals surface area contributed by atoms with Crippen molar-refractivity contribution >= 4 is 29.8 Å². The predicted molar refractivity (Wildman–Crippen MR) is 178 cm³/mol. The molecule has 284 valence electrons. The largest absolute Gasteiger partial charge is 0.482 e. The van der Waals surface area contributed by atoms with Crippen LogP contribution in [0, 0.1) is 17.8 Å². The van der Waals surface area contributed by atoms with Gasteiger partial charge in [0.2, 0.25) is 0 Å². The van der Waals surface area contributed by atoms with E-state index in [-0.39, 0.29) is 24.4 Å². The molecular formula is C37H52O14. The summed E-state index contributed by atoms with van der Waals surface area (Å²) in [4.78, 5) is 61.3. The molecule has 4 rings (SSSR count). The lowest BCUT2D eigenvalue weighted by molar-refractivity contribution is -0.311. The highest BCUT2D eigenvalue weighted by molar-refractivity contribution is 5.77. The first kappa shape index (κ1) is 40.0. The van der Waals surface area contributed by atoms with E-state index < -0.39 is 72.8 Å². The summed E-state index contributed by atoms with van der Waals surface area (Å²) < 4.78 is 44.5. The Morgan fingerprint density at radius 3 is 2.22 bits per heavy atom. The monoisotopic (exact) mass is 720 g/mol. The maximum atomic E-state index is 12.9. The lowest BCUT2D eigenvalue weighted by atomic mass is 9.73. The van der Waals surface area contributed by atoms with E-state index in [1.165, 1.54) is 14.0 Å². The van der Waals surface area contributed by atoms with Gasteiger partial charge in [-0.1, -0.05) is 38.3 Å². The number of aliphatic hydroxyl groups is 1. The van der Waals surface area contributed by atoms with E-state index in [9.17, 15) is 29.1 Å². The Morgan fingerprint density at radius 2 is 1.57 bits per heavy atom. The summed E-state index contributed by atoms with van der Waals surface area (Å²) in [5.74, 6) is -2.57. The van der Waals surface area contributed by atoms with Gasteiger partial charge < -0.3 is 43.0 Å². The van der Waals surface area contributed by atoms with E-state index in [0.29, 0.717) is 31.4 Å². The molecule has 0 bridgehead atoms. The van der Waals surface area contributed by atoms with Gasteiger partial charge in [-0.05, 0) is 73.5 Å². The maximum absolute atomic E-state index is 12.9. The fourth-order valence-corrected chi connectivity index (χ4v) is 7.79. The Kier molecular flexibility index (Phi) is 14.6. The molecule has 14 nitrogen and oxygen atoms in total. The number of carbonyl (C=O) groups is 5. The van der Waals surface area contributed by atoms with E-state index in [4.69, 9.17) is 37.9 Å². The Balaban J connectivity index is 1.55. The summed E-state index contributed by atoms with van der Waals surface area (Å²) in [5.41, 5.74) is 2.18. The first-order valence-corrected chi connectivity index (χ1v) is 17.8. The van der Waals surface area contributed by atoms with Crippen molar-refractivity contribution in [2.45, 2.75) is 128 Å². The average Bonchev–Trinajstić information content (AvgIpc) is 3.39.